The lowest BCUT2D eigenvalue weighted by molar-refractivity contribution is -0.139. The van der Waals surface area contributed by atoms with Gasteiger partial charge in [0.25, 0.3) is 0 Å². The first-order valence-corrected chi connectivity index (χ1v) is 9.70. The first kappa shape index (κ1) is 23.8. The zero-order valence-corrected chi connectivity index (χ0v) is 17.5. The van der Waals surface area contributed by atoms with E-state index < -0.39 is 23.7 Å². The number of aromatic nitrogens is 1. The van der Waals surface area contributed by atoms with Crippen LogP contribution < -0.4 is 16.5 Å². The molecule has 0 unspecified atom stereocenters. The van der Waals surface area contributed by atoms with Crippen molar-refractivity contribution in [1.29, 1.82) is 0 Å². The van der Waals surface area contributed by atoms with E-state index in [2.05, 4.69) is 15.7 Å². The number of nitrogens with two attached hydrogens (primary N) is 1. The summed E-state index contributed by atoms with van der Waals surface area (Å²) in [5.41, 5.74) is 8.67. The first-order chi connectivity index (χ1) is 12.9. The second kappa shape index (κ2) is 10.9. The van der Waals surface area contributed by atoms with Gasteiger partial charge in [0.1, 0.15) is 12.1 Å². The number of likely N-dealkylation sites (N-methyl/N-ethyl adjacent to an activating group) is 1. The average Bonchev–Trinajstić information content (AvgIpc) is 2.91. The molecule has 0 fully saturated rings. The second-order valence-electron chi connectivity index (χ2n) is 7.36. The van der Waals surface area contributed by atoms with Crippen molar-refractivity contribution < 1.29 is 24.2 Å². The Bertz CT molecular complexity index is 673. The number of alkyl carbamates (subject to hydrolysis) is 1. The third-order valence-electron chi connectivity index (χ3n) is 3.21. The monoisotopic (exact) mass is 415 g/mol. The molecule has 10 nitrogen and oxygen atoms in total. The number of hydrogen-bond acceptors (Lipinski definition) is 8. The van der Waals surface area contributed by atoms with Gasteiger partial charge in [0, 0.05) is 44.3 Å². The van der Waals surface area contributed by atoms with Crippen molar-refractivity contribution in [2.24, 2.45) is 5.73 Å². The molecule has 1 heterocycles. The van der Waals surface area contributed by atoms with E-state index in [9.17, 15) is 14.4 Å². The maximum Gasteiger partial charge on any atom is 0.407 e. The molecule has 1 atom stereocenters. The van der Waals surface area contributed by atoms with Crippen LogP contribution in [0.15, 0.2) is 5.38 Å². The van der Waals surface area contributed by atoms with E-state index in [-0.39, 0.29) is 18.9 Å². The minimum absolute atomic E-state index is 0.0526. The zero-order chi connectivity index (χ0) is 21.3. The van der Waals surface area contributed by atoms with Crippen molar-refractivity contribution in [2.45, 2.75) is 51.7 Å². The van der Waals surface area contributed by atoms with Crippen molar-refractivity contribution in [1.82, 2.24) is 20.7 Å². The molecule has 2 amide bonds. The number of rotatable bonds is 10. The van der Waals surface area contributed by atoms with Gasteiger partial charge in [-0.15, -0.1) is 11.3 Å². The smallest absolute Gasteiger partial charge is 0.407 e. The van der Waals surface area contributed by atoms with Crippen LogP contribution in [0.3, 0.4) is 0 Å². The molecule has 0 aliphatic rings. The van der Waals surface area contributed by atoms with E-state index in [0.717, 1.165) is 10.7 Å². The first-order valence-electron chi connectivity index (χ1n) is 8.82. The standard InChI is InChI=1S/C17H29N5O5S/c1-17(2,3)27-16(26)19-6-5-14-20-12(10-28-14)7-11(18)8-13(23)21-22(4)9-15(24)25/h10-11H,5-9,18H2,1-4H3,(H,19,26)(H,21,23)(H,24,25)/t11-/m1/s1. The van der Waals surface area contributed by atoms with Gasteiger partial charge in [-0.3, -0.25) is 15.0 Å². The van der Waals surface area contributed by atoms with Crippen LogP contribution in [0, 0.1) is 0 Å². The fourth-order valence-electron chi connectivity index (χ4n) is 2.22. The van der Waals surface area contributed by atoms with Gasteiger partial charge in [0.2, 0.25) is 5.91 Å². The Labute approximate surface area is 168 Å². The third kappa shape index (κ3) is 10.8. The highest BCUT2D eigenvalue weighted by molar-refractivity contribution is 7.09. The lowest BCUT2D eigenvalue weighted by atomic mass is 10.1. The lowest BCUT2D eigenvalue weighted by Crippen LogP contribution is -2.44. The molecular weight excluding hydrogens is 386 g/mol. The number of ether oxygens (including phenoxy) is 1. The summed E-state index contributed by atoms with van der Waals surface area (Å²) in [5, 5.41) is 15.3. The Morgan fingerprint density at radius 3 is 2.68 bits per heavy atom. The summed E-state index contributed by atoms with van der Waals surface area (Å²) in [5.74, 6) is -1.39. The molecule has 1 rings (SSSR count). The molecule has 158 valence electrons. The Balaban J connectivity index is 2.34. The highest BCUT2D eigenvalue weighted by Gasteiger charge is 2.16. The quantitative estimate of drug-likeness (QED) is 0.404. The predicted molar refractivity (Wildman–Crippen MR) is 105 cm³/mol. The van der Waals surface area contributed by atoms with E-state index >= 15 is 0 Å². The molecule has 28 heavy (non-hydrogen) atoms. The molecule has 0 bridgehead atoms. The molecule has 11 heteroatoms. The Morgan fingerprint density at radius 1 is 1.39 bits per heavy atom. The Morgan fingerprint density at radius 2 is 2.07 bits per heavy atom. The fraction of sp³-hybridized carbons (Fsp3) is 0.647. The molecule has 1 aromatic heterocycles. The van der Waals surface area contributed by atoms with Gasteiger partial charge >= 0.3 is 12.1 Å². The van der Waals surface area contributed by atoms with Gasteiger partial charge in [0.05, 0.1) is 10.7 Å². The lowest BCUT2D eigenvalue weighted by Gasteiger charge is -2.19. The van der Waals surface area contributed by atoms with Crippen molar-refractivity contribution >= 4 is 29.3 Å². The molecule has 0 spiro atoms. The van der Waals surface area contributed by atoms with Crippen molar-refractivity contribution in [3.8, 4) is 0 Å². The summed E-state index contributed by atoms with van der Waals surface area (Å²) in [6.45, 7) is 5.51. The van der Waals surface area contributed by atoms with E-state index in [1.54, 1.807) is 20.8 Å². The molecule has 0 radical (unpaired) electrons. The Hall–Kier alpha value is -2.24. The number of carboxylic acids is 1. The topological polar surface area (TPSA) is 147 Å². The van der Waals surface area contributed by atoms with E-state index in [1.165, 1.54) is 23.4 Å². The summed E-state index contributed by atoms with van der Waals surface area (Å²) >= 11 is 1.46. The van der Waals surface area contributed by atoms with E-state index in [0.29, 0.717) is 19.4 Å². The zero-order valence-electron chi connectivity index (χ0n) is 16.7. The van der Waals surface area contributed by atoms with Crippen molar-refractivity contribution in [2.75, 3.05) is 20.1 Å². The number of amides is 2. The largest absolute Gasteiger partial charge is 0.480 e. The molecule has 0 saturated heterocycles. The number of carbonyl (C=O) groups excluding carboxylic acids is 2. The number of carbonyl (C=O) groups is 3. The number of aliphatic carboxylic acids is 1. The van der Waals surface area contributed by atoms with Crippen LogP contribution in [0.2, 0.25) is 0 Å². The highest BCUT2D eigenvalue weighted by atomic mass is 32.1. The highest BCUT2D eigenvalue weighted by Crippen LogP contribution is 2.13. The number of thiazole rings is 1. The normalized spacial score (nSPS) is 12.5. The van der Waals surface area contributed by atoms with Gasteiger partial charge < -0.3 is 20.9 Å². The number of hydrazine groups is 1. The van der Waals surface area contributed by atoms with Crippen LogP contribution in [-0.4, -0.2) is 64.8 Å². The fourth-order valence-corrected chi connectivity index (χ4v) is 3.03. The van der Waals surface area contributed by atoms with E-state index in [1.807, 2.05) is 5.38 Å². The molecule has 0 aliphatic carbocycles. The average molecular weight is 416 g/mol. The molecule has 0 saturated carbocycles. The van der Waals surface area contributed by atoms with Crippen molar-refractivity contribution in [3.05, 3.63) is 16.1 Å². The summed E-state index contributed by atoms with van der Waals surface area (Å²) < 4.78 is 5.16. The predicted octanol–water partition coefficient (Wildman–Crippen LogP) is 0.518. The molecular formula is C17H29N5O5S. The minimum Gasteiger partial charge on any atom is -0.480 e. The van der Waals surface area contributed by atoms with Crippen LogP contribution in [0.5, 0.6) is 0 Å². The van der Waals surface area contributed by atoms with E-state index in [4.69, 9.17) is 15.6 Å². The summed E-state index contributed by atoms with van der Waals surface area (Å²) in [4.78, 5) is 38.5. The van der Waals surface area contributed by atoms with Crippen LogP contribution in [-0.2, 0) is 27.2 Å². The van der Waals surface area contributed by atoms with Gasteiger partial charge in [0.15, 0.2) is 0 Å². The molecule has 0 aliphatic heterocycles. The van der Waals surface area contributed by atoms with Gasteiger partial charge in [-0.25, -0.2) is 14.8 Å². The summed E-state index contributed by atoms with van der Waals surface area (Å²) in [6, 6.07) is -0.437. The SMILES string of the molecule is CN(CC(=O)O)NC(=O)C[C@H](N)Cc1csc(CCNC(=O)OC(C)(C)C)n1. The summed E-state index contributed by atoms with van der Waals surface area (Å²) in [6.07, 6.45) is 0.577. The number of nitrogens with one attached hydrogen (secondary N) is 2. The van der Waals surface area contributed by atoms with Gasteiger partial charge in [-0.05, 0) is 20.8 Å². The molecule has 0 aromatic carbocycles. The Kier molecular flexibility index (Phi) is 9.29. The van der Waals surface area contributed by atoms with Crippen LogP contribution in [0.25, 0.3) is 0 Å². The van der Waals surface area contributed by atoms with Crippen LogP contribution in [0.4, 0.5) is 4.79 Å². The minimum atomic E-state index is -1.04. The van der Waals surface area contributed by atoms with Crippen molar-refractivity contribution in [3.63, 3.8) is 0 Å². The third-order valence-corrected chi connectivity index (χ3v) is 4.17. The maximum atomic E-state index is 11.8. The maximum absolute atomic E-state index is 11.8. The molecule has 5 N–H and O–H groups in total. The van der Waals surface area contributed by atoms with Crippen LogP contribution >= 0.6 is 11.3 Å². The summed E-state index contributed by atoms with van der Waals surface area (Å²) in [7, 11) is 1.47. The van der Waals surface area contributed by atoms with Crippen LogP contribution in [0.1, 0.15) is 37.9 Å². The number of carboxylic acid groups (broad SMARTS) is 1. The molecule has 1 aromatic rings. The second-order valence-corrected chi connectivity index (χ2v) is 8.31. The number of nitrogens with zero attached hydrogens (tertiary/aromatic N) is 2. The number of hydrogen-bond donors (Lipinski definition) is 4. The van der Waals surface area contributed by atoms with Gasteiger partial charge in [-0.2, -0.15) is 0 Å². The van der Waals surface area contributed by atoms with Gasteiger partial charge in [-0.1, -0.05) is 0 Å².